The first kappa shape index (κ1) is 7.74. The van der Waals surface area contributed by atoms with Crippen LogP contribution < -0.4 is 0 Å². The number of hydrogen-bond acceptors (Lipinski definition) is 1. The maximum absolute atomic E-state index is 13.1. The van der Waals surface area contributed by atoms with E-state index >= 15 is 0 Å². The molecule has 0 spiro atoms. The summed E-state index contributed by atoms with van der Waals surface area (Å²) in [5.74, 6) is -1.15. The van der Waals surface area contributed by atoms with E-state index in [1.807, 2.05) is 0 Å². The number of hydrogen-bond donors (Lipinski definition) is 1. The van der Waals surface area contributed by atoms with Crippen LogP contribution in [0.2, 0.25) is 0 Å². The van der Waals surface area contributed by atoms with Gasteiger partial charge in [0.25, 0.3) is 0 Å². The fourth-order valence-electron chi connectivity index (χ4n) is 1.26. The third-order valence-corrected chi connectivity index (χ3v) is 1.85. The summed E-state index contributed by atoms with van der Waals surface area (Å²) in [5, 5.41) is 8.60. The second kappa shape index (κ2) is 2.56. The number of fused-ring (bicyclic) bond motifs is 1. The second-order valence-corrected chi connectivity index (χ2v) is 2.59. The van der Waals surface area contributed by atoms with E-state index in [-0.39, 0.29) is 16.5 Å². The highest BCUT2D eigenvalue weighted by atomic mass is 19.1. The van der Waals surface area contributed by atoms with Crippen LogP contribution in [0.15, 0.2) is 18.3 Å². The number of aromatic amines is 1. The van der Waals surface area contributed by atoms with Gasteiger partial charge in [0.1, 0.15) is 17.7 Å². The zero-order valence-electron chi connectivity index (χ0n) is 6.44. The van der Waals surface area contributed by atoms with Crippen LogP contribution in [0.3, 0.4) is 0 Å². The predicted molar refractivity (Wildman–Crippen MR) is 42.9 cm³/mol. The second-order valence-electron chi connectivity index (χ2n) is 2.59. The number of benzene rings is 1. The molecule has 0 atom stereocenters. The maximum atomic E-state index is 13.1. The molecule has 1 aromatic heterocycles. The number of halogens is 2. The van der Waals surface area contributed by atoms with E-state index in [1.54, 1.807) is 6.07 Å². The molecule has 0 unspecified atom stereocenters. The lowest BCUT2D eigenvalue weighted by atomic mass is 10.2. The van der Waals surface area contributed by atoms with E-state index in [1.165, 1.54) is 6.20 Å². The van der Waals surface area contributed by atoms with Crippen LogP contribution >= 0.6 is 0 Å². The number of nitrogens with zero attached hydrogens (tertiary/aromatic N) is 1. The highest BCUT2D eigenvalue weighted by Gasteiger charge is 2.11. The van der Waals surface area contributed by atoms with Gasteiger partial charge in [-0.1, -0.05) is 0 Å². The van der Waals surface area contributed by atoms with Crippen LogP contribution in [-0.4, -0.2) is 4.98 Å². The Hall–Kier alpha value is -1.89. The third-order valence-electron chi connectivity index (χ3n) is 1.85. The lowest BCUT2D eigenvalue weighted by Gasteiger charge is -1.93. The van der Waals surface area contributed by atoms with Gasteiger partial charge in [-0.05, 0) is 12.1 Å². The summed E-state index contributed by atoms with van der Waals surface area (Å²) in [6.45, 7) is 0. The average molecular weight is 178 g/mol. The molecule has 1 N–H and O–H groups in total. The Balaban J connectivity index is 2.98. The Kier molecular flexibility index (Phi) is 1.52. The van der Waals surface area contributed by atoms with Crippen LogP contribution in [-0.2, 0) is 0 Å². The van der Waals surface area contributed by atoms with Crippen LogP contribution in [0.5, 0.6) is 0 Å². The third kappa shape index (κ3) is 0.975. The highest BCUT2D eigenvalue weighted by Crippen LogP contribution is 2.23. The maximum Gasteiger partial charge on any atom is 0.147 e. The van der Waals surface area contributed by atoms with Gasteiger partial charge in [0.15, 0.2) is 0 Å². The summed E-state index contributed by atoms with van der Waals surface area (Å²) in [6, 6.07) is 3.81. The zero-order chi connectivity index (χ0) is 9.42. The normalized spacial score (nSPS) is 10.2. The fourth-order valence-corrected chi connectivity index (χ4v) is 1.26. The van der Waals surface area contributed by atoms with Gasteiger partial charge in [0, 0.05) is 6.20 Å². The Bertz CT molecular complexity index is 508. The van der Waals surface area contributed by atoms with Crippen molar-refractivity contribution in [2.45, 2.75) is 0 Å². The summed E-state index contributed by atoms with van der Waals surface area (Å²) in [6.07, 6.45) is 1.29. The van der Waals surface area contributed by atoms with E-state index in [4.69, 9.17) is 5.26 Å². The summed E-state index contributed by atoms with van der Waals surface area (Å²) in [4.78, 5) is 2.51. The van der Waals surface area contributed by atoms with Crippen molar-refractivity contribution in [2.24, 2.45) is 0 Å². The lowest BCUT2D eigenvalue weighted by molar-refractivity contribution is 0.616. The first-order valence-electron chi connectivity index (χ1n) is 3.59. The van der Waals surface area contributed by atoms with Gasteiger partial charge in [-0.15, -0.1) is 0 Å². The smallest absolute Gasteiger partial charge is 0.147 e. The summed E-state index contributed by atoms with van der Waals surface area (Å²) < 4.78 is 26.1. The lowest BCUT2D eigenvalue weighted by Crippen LogP contribution is -1.82. The number of rotatable bonds is 0. The van der Waals surface area contributed by atoms with Gasteiger partial charge in [-0.25, -0.2) is 8.78 Å². The molecular formula is C9H4F2N2. The van der Waals surface area contributed by atoms with Gasteiger partial charge in [0.2, 0.25) is 0 Å². The van der Waals surface area contributed by atoms with Crippen LogP contribution in [0.25, 0.3) is 10.9 Å². The van der Waals surface area contributed by atoms with E-state index in [0.717, 1.165) is 12.1 Å². The monoisotopic (exact) mass is 178 g/mol. The molecule has 0 saturated heterocycles. The standard InChI is InChI=1S/C9H4F2N2/c10-6-1-2-7(11)9-8(6)5(3-12)4-13-9/h1-2,4,13H. The molecule has 1 heterocycles. The van der Waals surface area contributed by atoms with Gasteiger partial charge in [-0.3, -0.25) is 0 Å². The molecule has 0 bridgehead atoms. The van der Waals surface area contributed by atoms with E-state index in [2.05, 4.69) is 4.98 Å². The van der Waals surface area contributed by atoms with Crippen molar-refractivity contribution in [3.05, 3.63) is 35.5 Å². The molecule has 0 aliphatic rings. The highest BCUT2D eigenvalue weighted by molar-refractivity contribution is 5.86. The molecule has 2 nitrogen and oxygen atoms in total. The van der Waals surface area contributed by atoms with Crippen molar-refractivity contribution in [1.29, 1.82) is 5.26 Å². The van der Waals surface area contributed by atoms with Crippen LogP contribution in [0.4, 0.5) is 8.78 Å². The predicted octanol–water partition coefficient (Wildman–Crippen LogP) is 2.32. The number of nitrogens with one attached hydrogen (secondary N) is 1. The quantitative estimate of drug-likeness (QED) is 0.660. The topological polar surface area (TPSA) is 39.6 Å². The van der Waals surface area contributed by atoms with E-state index in [0.29, 0.717) is 0 Å². The van der Waals surface area contributed by atoms with Crippen LogP contribution in [0, 0.1) is 23.0 Å². The fraction of sp³-hybridized carbons (Fsp3) is 0. The largest absolute Gasteiger partial charge is 0.357 e. The molecule has 0 aliphatic carbocycles. The van der Waals surface area contributed by atoms with Gasteiger partial charge >= 0.3 is 0 Å². The average Bonchev–Trinajstić information content (AvgIpc) is 2.56. The SMILES string of the molecule is N#Cc1c[nH]c2c(F)ccc(F)c12. The minimum Gasteiger partial charge on any atom is -0.357 e. The molecule has 0 amide bonds. The Morgan fingerprint density at radius 1 is 1.23 bits per heavy atom. The molecular weight excluding hydrogens is 174 g/mol. The Morgan fingerprint density at radius 2 is 1.92 bits per heavy atom. The molecule has 64 valence electrons. The minimum absolute atomic E-state index is 0.0162. The van der Waals surface area contributed by atoms with E-state index < -0.39 is 11.6 Å². The molecule has 4 heteroatoms. The Morgan fingerprint density at radius 3 is 2.62 bits per heavy atom. The van der Waals surface area contributed by atoms with Crippen molar-refractivity contribution in [1.82, 2.24) is 4.98 Å². The molecule has 2 aromatic rings. The molecule has 13 heavy (non-hydrogen) atoms. The number of H-pyrrole nitrogens is 1. The molecule has 0 aliphatic heterocycles. The van der Waals surface area contributed by atoms with Crippen molar-refractivity contribution < 1.29 is 8.78 Å². The first-order valence-corrected chi connectivity index (χ1v) is 3.59. The number of nitriles is 1. The molecule has 2 rings (SSSR count). The molecule has 0 radical (unpaired) electrons. The zero-order valence-corrected chi connectivity index (χ0v) is 6.44. The van der Waals surface area contributed by atoms with Gasteiger partial charge < -0.3 is 4.98 Å². The Labute approximate surface area is 72.4 Å². The summed E-state index contributed by atoms with van der Waals surface area (Å²) in [5.41, 5.74) is 0.156. The van der Waals surface area contributed by atoms with Gasteiger partial charge in [0.05, 0.1) is 16.5 Å². The minimum atomic E-state index is -0.589. The van der Waals surface area contributed by atoms with Crippen molar-refractivity contribution in [3.8, 4) is 6.07 Å². The molecule has 1 aromatic carbocycles. The van der Waals surface area contributed by atoms with Crippen molar-refractivity contribution in [3.63, 3.8) is 0 Å². The summed E-state index contributed by atoms with van der Waals surface area (Å²) >= 11 is 0. The molecule has 0 fully saturated rings. The van der Waals surface area contributed by atoms with Crippen molar-refractivity contribution >= 4 is 10.9 Å². The first-order chi connectivity index (χ1) is 6.24. The van der Waals surface area contributed by atoms with E-state index in [9.17, 15) is 8.78 Å². The van der Waals surface area contributed by atoms with Crippen LogP contribution in [0.1, 0.15) is 5.56 Å². The number of aromatic nitrogens is 1. The molecule has 0 saturated carbocycles. The van der Waals surface area contributed by atoms with Gasteiger partial charge in [-0.2, -0.15) is 5.26 Å². The summed E-state index contributed by atoms with van der Waals surface area (Å²) in [7, 11) is 0. The van der Waals surface area contributed by atoms with Crippen molar-refractivity contribution in [2.75, 3.05) is 0 Å².